The molecule has 1 aliphatic carbocycles. The smallest absolute Gasteiger partial charge is 0.164 e. The molecule has 0 N–H and O–H groups in total. The zero-order valence-corrected chi connectivity index (χ0v) is 32.5. The molecule has 2 aromatic heterocycles. The Bertz CT molecular complexity index is 3320. The van der Waals surface area contributed by atoms with Gasteiger partial charge in [0.15, 0.2) is 17.5 Å². The highest BCUT2D eigenvalue weighted by molar-refractivity contribution is 6.21. The molecule has 4 nitrogen and oxygen atoms in total. The fraction of sp³-hybridized carbons (Fsp3) is 0.0179. The van der Waals surface area contributed by atoms with E-state index in [1.54, 1.807) is 0 Å². The van der Waals surface area contributed by atoms with E-state index in [1.807, 2.05) is 60.7 Å². The number of hydrogen-bond donors (Lipinski definition) is 0. The Hall–Kier alpha value is -7.95. The molecule has 4 heteroatoms. The van der Waals surface area contributed by atoms with E-state index in [9.17, 15) is 0 Å². The third-order valence-electron chi connectivity index (χ3n) is 12.2. The van der Waals surface area contributed by atoms with E-state index in [2.05, 4.69) is 152 Å². The van der Waals surface area contributed by atoms with E-state index < -0.39 is 5.41 Å². The molecule has 0 aliphatic heterocycles. The number of furan rings is 1. The van der Waals surface area contributed by atoms with Crippen molar-refractivity contribution in [1.82, 2.24) is 15.0 Å². The van der Waals surface area contributed by atoms with Crippen molar-refractivity contribution in [3.05, 3.63) is 235 Å². The third-order valence-corrected chi connectivity index (χ3v) is 12.2. The summed E-state index contributed by atoms with van der Waals surface area (Å²) in [5, 5.41) is 4.36. The van der Waals surface area contributed by atoms with Gasteiger partial charge in [0.1, 0.15) is 11.2 Å². The summed E-state index contributed by atoms with van der Waals surface area (Å²) >= 11 is 0. The molecule has 0 saturated carbocycles. The van der Waals surface area contributed by atoms with Crippen molar-refractivity contribution < 1.29 is 4.42 Å². The molecule has 0 spiro atoms. The molecule has 11 aromatic rings. The van der Waals surface area contributed by atoms with Gasteiger partial charge in [0.05, 0.1) is 5.41 Å². The molecule has 0 amide bonds. The standard InChI is InChI=1S/C56H35N3O/c1-5-19-36(20-6-1)53-57-54(37-21-7-2-8-22-37)59-55(58-53)43-34-33-42(40-27-13-14-28-41(40)43)46-35-48-50(51-45-30-16-18-32-49(45)60-52(46)51)44-29-15-17-31-47(44)56(48,38-23-9-3-10-24-38)39-25-11-4-12-26-39/h1-35H. The van der Waals surface area contributed by atoms with Gasteiger partial charge in [-0.15, -0.1) is 0 Å². The van der Waals surface area contributed by atoms with Gasteiger partial charge < -0.3 is 4.42 Å². The highest BCUT2D eigenvalue weighted by atomic mass is 16.3. The number of rotatable bonds is 6. The lowest BCUT2D eigenvalue weighted by Crippen LogP contribution is -2.28. The molecule has 0 unspecified atom stereocenters. The minimum Gasteiger partial charge on any atom is -0.455 e. The fourth-order valence-electron chi connectivity index (χ4n) is 9.67. The second-order valence-corrected chi connectivity index (χ2v) is 15.4. The van der Waals surface area contributed by atoms with Gasteiger partial charge in [-0.05, 0) is 67.9 Å². The van der Waals surface area contributed by atoms with Crippen LogP contribution in [0.4, 0.5) is 0 Å². The third kappa shape index (κ3) is 5.07. The zero-order valence-electron chi connectivity index (χ0n) is 32.5. The normalized spacial score (nSPS) is 12.8. The lowest BCUT2D eigenvalue weighted by atomic mass is 9.67. The zero-order chi connectivity index (χ0) is 39.6. The van der Waals surface area contributed by atoms with Crippen LogP contribution in [0.15, 0.2) is 217 Å². The fourth-order valence-corrected chi connectivity index (χ4v) is 9.67. The van der Waals surface area contributed by atoms with Crippen LogP contribution in [-0.2, 0) is 5.41 Å². The minimum absolute atomic E-state index is 0.585. The van der Waals surface area contributed by atoms with Gasteiger partial charge >= 0.3 is 0 Å². The second-order valence-electron chi connectivity index (χ2n) is 15.4. The SMILES string of the molecule is c1ccc(-c2nc(-c3ccccc3)nc(-c3ccc(-c4cc5c(c6c4oc4ccccc46)-c4ccccc4C5(c4ccccc4)c4ccccc4)c4ccccc34)n2)cc1. The van der Waals surface area contributed by atoms with Crippen LogP contribution in [0, 0.1) is 0 Å². The minimum atomic E-state index is -0.585. The average molecular weight is 766 g/mol. The van der Waals surface area contributed by atoms with Crippen molar-refractivity contribution in [3.63, 3.8) is 0 Å². The summed E-state index contributed by atoms with van der Waals surface area (Å²) in [6.45, 7) is 0. The topological polar surface area (TPSA) is 51.8 Å². The molecule has 12 rings (SSSR count). The summed E-state index contributed by atoms with van der Waals surface area (Å²) in [5.41, 5.74) is 13.5. The molecular formula is C56H35N3O. The lowest BCUT2D eigenvalue weighted by Gasteiger charge is -2.34. The number of benzene rings is 9. The molecule has 0 bridgehead atoms. The Morgan fingerprint density at radius 2 is 0.833 bits per heavy atom. The second kappa shape index (κ2) is 13.6. The van der Waals surface area contributed by atoms with Gasteiger partial charge in [0, 0.05) is 33.0 Å². The first-order valence-electron chi connectivity index (χ1n) is 20.4. The van der Waals surface area contributed by atoms with Gasteiger partial charge in [-0.3, -0.25) is 0 Å². The summed E-state index contributed by atoms with van der Waals surface area (Å²) in [6.07, 6.45) is 0. The molecule has 0 saturated heterocycles. The summed E-state index contributed by atoms with van der Waals surface area (Å²) in [5.74, 6) is 1.89. The Morgan fingerprint density at radius 3 is 1.47 bits per heavy atom. The monoisotopic (exact) mass is 765 g/mol. The van der Waals surface area contributed by atoms with Gasteiger partial charge in [-0.2, -0.15) is 0 Å². The van der Waals surface area contributed by atoms with Gasteiger partial charge in [0.2, 0.25) is 0 Å². The molecule has 9 aromatic carbocycles. The lowest BCUT2D eigenvalue weighted by molar-refractivity contribution is 0.669. The maximum absolute atomic E-state index is 7.02. The van der Waals surface area contributed by atoms with Crippen molar-refractivity contribution in [2.45, 2.75) is 5.41 Å². The van der Waals surface area contributed by atoms with E-state index in [-0.39, 0.29) is 0 Å². The first-order valence-corrected chi connectivity index (χ1v) is 20.4. The van der Waals surface area contributed by atoms with Crippen LogP contribution < -0.4 is 0 Å². The molecule has 1 aliphatic rings. The van der Waals surface area contributed by atoms with Gasteiger partial charge in [0.25, 0.3) is 0 Å². The molecule has 60 heavy (non-hydrogen) atoms. The van der Waals surface area contributed by atoms with Gasteiger partial charge in [-0.25, -0.2) is 15.0 Å². The summed E-state index contributed by atoms with van der Waals surface area (Å²) in [6, 6.07) is 75.1. The van der Waals surface area contributed by atoms with E-state index in [0.29, 0.717) is 17.5 Å². The molecule has 0 radical (unpaired) electrons. The van der Waals surface area contributed by atoms with Crippen LogP contribution in [0.2, 0.25) is 0 Å². The first-order chi connectivity index (χ1) is 29.8. The highest BCUT2D eigenvalue weighted by Gasteiger charge is 2.47. The average Bonchev–Trinajstić information content (AvgIpc) is 3.86. The Kier molecular flexibility index (Phi) is 7.72. The molecular weight excluding hydrogens is 731 g/mol. The maximum atomic E-state index is 7.02. The van der Waals surface area contributed by atoms with Crippen molar-refractivity contribution in [2.24, 2.45) is 0 Å². The quantitative estimate of drug-likeness (QED) is 0.169. The van der Waals surface area contributed by atoms with Gasteiger partial charge in [-0.1, -0.05) is 194 Å². The molecule has 0 fully saturated rings. The van der Waals surface area contributed by atoms with Crippen LogP contribution in [0.25, 0.3) is 89.1 Å². The van der Waals surface area contributed by atoms with E-state index in [0.717, 1.165) is 60.5 Å². The summed E-state index contributed by atoms with van der Waals surface area (Å²) in [7, 11) is 0. The van der Waals surface area contributed by atoms with Crippen molar-refractivity contribution in [2.75, 3.05) is 0 Å². The number of aromatic nitrogens is 3. The highest BCUT2D eigenvalue weighted by Crippen LogP contribution is 2.60. The van der Waals surface area contributed by atoms with Crippen molar-refractivity contribution in [1.29, 1.82) is 0 Å². The Balaban J connectivity index is 1.17. The predicted octanol–water partition coefficient (Wildman–Crippen LogP) is 14.0. The summed E-state index contributed by atoms with van der Waals surface area (Å²) in [4.78, 5) is 15.3. The molecule has 280 valence electrons. The first kappa shape index (κ1) is 34.1. The Morgan fingerprint density at radius 1 is 0.350 bits per heavy atom. The Labute approximate surface area is 347 Å². The number of nitrogens with zero attached hydrogens (tertiary/aromatic N) is 3. The number of fused-ring (bicyclic) bond motifs is 8. The summed E-state index contributed by atoms with van der Waals surface area (Å²) < 4.78 is 7.02. The molecule has 2 heterocycles. The maximum Gasteiger partial charge on any atom is 0.164 e. The van der Waals surface area contributed by atoms with Crippen molar-refractivity contribution in [3.8, 4) is 56.4 Å². The van der Waals surface area contributed by atoms with Crippen LogP contribution >= 0.6 is 0 Å². The van der Waals surface area contributed by atoms with E-state index >= 15 is 0 Å². The van der Waals surface area contributed by atoms with Crippen LogP contribution in [0.5, 0.6) is 0 Å². The van der Waals surface area contributed by atoms with E-state index in [1.165, 1.54) is 33.4 Å². The van der Waals surface area contributed by atoms with E-state index in [4.69, 9.17) is 19.4 Å². The predicted molar refractivity (Wildman–Crippen MR) is 244 cm³/mol. The van der Waals surface area contributed by atoms with Crippen LogP contribution in [-0.4, -0.2) is 15.0 Å². The van der Waals surface area contributed by atoms with Crippen molar-refractivity contribution >= 4 is 32.7 Å². The van der Waals surface area contributed by atoms with Crippen LogP contribution in [0.3, 0.4) is 0 Å². The number of hydrogen-bond acceptors (Lipinski definition) is 4. The van der Waals surface area contributed by atoms with Crippen LogP contribution in [0.1, 0.15) is 22.3 Å². The number of para-hydroxylation sites is 1. The molecule has 0 atom stereocenters. The largest absolute Gasteiger partial charge is 0.455 e.